The molecule has 1 aromatic heterocycles. The third-order valence-electron chi connectivity index (χ3n) is 6.76. The maximum atomic E-state index is 14.2. The van der Waals surface area contributed by atoms with Gasteiger partial charge < -0.3 is 24.6 Å². The smallest absolute Gasteiger partial charge is 0.330 e. The van der Waals surface area contributed by atoms with Crippen LogP contribution in [0.1, 0.15) is 24.8 Å². The van der Waals surface area contributed by atoms with Gasteiger partial charge in [-0.25, -0.2) is 9.78 Å². The van der Waals surface area contributed by atoms with Crippen molar-refractivity contribution >= 4 is 52.6 Å². The van der Waals surface area contributed by atoms with Crippen LogP contribution in [-0.2, 0) is 11.3 Å². The molecule has 0 unspecified atom stereocenters. The Hall–Kier alpha value is -3.02. The summed E-state index contributed by atoms with van der Waals surface area (Å²) in [6.45, 7) is 1.94. The lowest BCUT2D eigenvalue weighted by Crippen LogP contribution is -2.53. The van der Waals surface area contributed by atoms with Gasteiger partial charge >= 0.3 is 6.03 Å². The topological polar surface area (TPSA) is 103 Å². The maximum Gasteiger partial charge on any atom is 0.330 e. The zero-order valence-electron chi connectivity index (χ0n) is 22.3. The Labute approximate surface area is 232 Å². The Balaban J connectivity index is 1.70. The third-order valence-corrected chi connectivity index (χ3v) is 7.49. The van der Waals surface area contributed by atoms with Crippen LogP contribution in [0.25, 0.3) is 0 Å². The molecule has 3 amide bonds. The molecule has 0 spiro atoms. The van der Waals surface area contributed by atoms with E-state index in [2.05, 4.69) is 20.2 Å². The van der Waals surface area contributed by atoms with Crippen molar-refractivity contribution in [2.24, 2.45) is 0 Å². The number of halogens is 2. The molecule has 2 aromatic rings. The van der Waals surface area contributed by atoms with Crippen molar-refractivity contribution in [2.45, 2.75) is 31.8 Å². The Morgan fingerprint density at radius 1 is 1.21 bits per heavy atom. The number of amides is 3. The summed E-state index contributed by atoms with van der Waals surface area (Å²) in [7, 11) is 8.65. The second-order valence-electron chi connectivity index (χ2n) is 9.48. The molecule has 4 rings (SSSR count). The summed E-state index contributed by atoms with van der Waals surface area (Å²) in [4.78, 5) is 43.0. The lowest BCUT2D eigenvalue weighted by Gasteiger charge is -2.39. The van der Waals surface area contributed by atoms with Gasteiger partial charge in [-0.3, -0.25) is 14.6 Å². The number of methoxy groups -OCH3 is 2. The van der Waals surface area contributed by atoms with Crippen LogP contribution < -0.4 is 24.6 Å². The Morgan fingerprint density at radius 3 is 2.50 bits per heavy atom. The molecular formula is C25H33Cl2N7O4. The zero-order chi connectivity index (χ0) is 27.6. The van der Waals surface area contributed by atoms with Crippen molar-refractivity contribution < 1.29 is 19.1 Å². The van der Waals surface area contributed by atoms with E-state index in [-0.39, 0.29) is 40.3 Å². The SMILES string of the molecule is CNc1ncc2c(n1)N([C@H]1CCN(C(=O)CCCN(C)C)C1)C(=O)N(c1c(Cl)c(OC)cc(OC)c1Cl)C2. The van der Waals surface area contributed by atoms with Crippen molar-refractivity contribution in [3.8, 4) is 11.5 Å². The van der Waals surface area contributed by atoms with Gasteiger partial charge in [0.2, 0.25) is 11.9 Å². The minimum atomic E-state index is -0.357. The van der Waals surface area contributed by atoms with E-state index < -0.39 is 0 Å². The number of aromatic nitrogens is 2. The van der Waals surface area contributed by atoms with Gasteiger partial charge in [-0.05, 0) is 33.5 Å². The molecule has 1 fully saturated rings. The van der Waals surface area contributed by atoms with Crippen LogP contribution in [0.2, 0.25) is 10.0 Å². The monoisotopic (exact) mass is 565 g/mol. The first-order valence-electron chi connectivity index (χ1n) is 12.4. The van der Waals surface area contributed by atoms with E-state index in [1.165, 1.54) is 19.1 Å². The van der Waals surface area contributed by atoms with Gasteiger partial charge in [0.05, 0.1) is 32.5 Å². The van der Waals surface area contributed by atoms with E-state index in [0.717, 1.165) is 13.0 Å². The molecular weight excluding hydrogens is 533 g/mol. The van der Waals surface area contributed by atoms with Crippen molar-refractivity contribution in [3.05, 3.63) is 27.9 Å². The number of hydrogen-bond donors (Lipinski definition) is 1. The summed E-state index contributed by atoms with van der Waals surface area (Å²) in [5.41, 5.74) is 0.991. The van der Waals surface area contributed by atoms with Gasteiger partial charge in [-0.1, -0.05) is 23.2 Å². The number of nitrogens with one attached hydrogen (secondary N) is 1. The van der Waals surface area contributed by atoms with Gasteiger partial charge in [0.25, 0.3) is 0 Å². The van der Waals surface area contributed by atoms with Gasteiger partial charge in [-0.2, -0.15) is 4.98 Å². The molecule has 2 aliphatic rings. The molecule has 1 atom stereocenters. The summed E-state index contributed by atoms with van der Waals surface area (Å²) in [5, 5.41) is 3.31. The van der Waals surface area contributed by atoms with Gasteiger partial charge in [0.1, 0.15) is 27.4 Å². The number of carbonyl (C=O) groups is 2. The van der Waals surface area contributed by atoms with Crippen molar-refractivity contribution in [3.63, 3.8) is 0 Å². The molecule has 0 bridgehead atoms. The molecule has 0 saturated carbocycles. The summed E-state index contributed by atoms with van der Waals surface area (Å²) in [5.74, 6) is 1.62. The molecule has 206 valence electrons. The number of benzene rings is 1. The van der Waals surface area contributed by atoms with Crippen LogP contribution in [0.5, 0.6) is 11.5 Å². The maximum absolute atomic E-state index is 14.2. The zero-order valence-corrected chi connectivity index (χ0v) is 23.8. The molecule has 1 saturated heterocycles. The van der Waals surface area contributed by atoms with Gasteiger partial charge in [0, 0.05) is 44.4 Å². The summed E-state index contributed by atoms with van der Waals surface area (Å²) in [6, 6.07) is 0.934. The van der Waals surface area contributed by atoms with Crippen LogP contribution in [0.3, 0.4) is 0 Å². The summed E-state index contributed by atoms with van der Waals surface area (Å²) >= 11 is 13.4. The van der Waals surface area contributed by atoms with Crippen LogP contribution >= 0.6 is 23.2 Å². The molecule has 1 N–H and O–H groups in total. The highest BCUT2D eigenvalue weighted by atomic mass is 35.5. The number of urea groups is 1. The molecule has 0 aliphatic carbocycles. The molecule has 1 aromatic carbocycles. The Morgan fingerprint density at radius 2 is 1.89 bits per heavy atom. The Kier molecular flexibility index (Phi) is 8.69. The number of anilines is 3. The fraction of sp³-hybridized carbons (Fsp3) is 0.520. The number of nitrogens with zero attached hydrogens (tertiary/aromatic N) is 6. The number of ether oxygens (including phenoxy) is 2. The van der Waals surface area contributed by atoms with E-state index in [9.17, 15) is 9.59 Å². The first kappa shape index (κ1) is 28.0. The average molecular weight is 566 g/mol. The lowest BCUT2D eigenvalue weighted by molar-refractivity contribution is -0.130. The number of rotatable bonds is 9. The lowest BCUT2D eigenvalue weighted by atomic mass is 10.1. The van der Waals surface area contributed by atoms with E-state index in [4.69, 9.17) is 32.7 Å². The quantitative estimate of drug-likeness (QED) is 0.490. The number of likely N-dealkylation sites (tertiary alicyclic amines) is 1. The fourth-order valence-electron chi connectivity index (χ4n) is 4.79. The van der Waals surface area contributed by atoms with Crippen molar-refractivity contribution in [1.82, 2.24) is 19.8 Å². The van der Waals surface area contributed by atoms with E-state index in [0.29, 0.717) is 54.8 Å². The van der Waals surface area contributed by atoms with Gasteiger partial charge in [0.15, 0.2) is 0 Å². The molecule has 13 heteroatoms. The van der Waals surface area contributed by atoms with Gasteiger partial charge in [-0.15, -0.1) is 0 Å². The highest BCUT2D eigenvalue weighted by molar-refractivity contribution is 6.42. The molecule has 0 radical (unpaired) electrons. The van der Waals surface area contributed by atoms with E-state index in [1.807, 2.05) is 19.0 Å². The number of hydrogen-bond acceptors (Lipinski definition) is 8. The second kappa shape index (κ2) is 11.8. The largest absolute Gasteiger partial charge is 0.495 e. The Bertz CT molecular complexity index is 1180. The average Bonchev–Trinajstić information content (AvgIpc) is 3.38. The standard InChI is InChI=1S/C25H33Cl2N7O4/c1-28-24-29-12-15-13-33(22-20(26)17(37-4)11-18(38-5)21(22)27)25(36)34(23(15)30-24)16-8-10-32(14-16)19(35)7-6-9-31(2)3/h11-12,16H,6-10,13-14H2,1-5H3,(H,28,29,30)/t16-/m0/s1. The van der Waals surface area contributed by atoms with E-state index in [1.54, 1.807) is 24.2 Å². The highest BCUT2D eigenvalue weighted by Crippen LogP contribution is 2.48. The molecule has 3 heterocycles. The predicted molar refractivity (Wildman–Crippen MR) is 148 cm³/mol. The summed E-state index contributed by atoms with van der Waals surface area (Å²) in [6.07, 6.45) is 3.53. The van der Waals surface area contributed by atoms with Crippen LogP contribution in [-0.4, -0.2) is 92.7 Å². The first-order chi connectivity index (χ1) is 18.2. The molecule has 2 aliphatic heterocycles. The first-order valence-corrected chi connectivity index (χ1v) is 13.1. The van der Waals surface area contributed by atoms with E-state index >= 15 is 0 Å². The number of fused-ring (bicyclic) bond motifs is 1. The minimum Gasteiger partial charge on any atom is -0.495 e. The van der Waals surface area contributed by atoms with Crippen molar-refractivity contribution in [1.29, 1.82) is 0 Å². The minimum absolute atomic E-state index is 0.0816. The molecule has 11 nitrogen and oxygen atoms in total. The highest BCUT2D eigenvalue weighted by Gasteiger charge is 2.42. The summed E-state index contributed by atoms with van der Waals surface area (Å²) < 4.78 is 10.8. The van der Waals surface area contributed by atoms with Crippen molar-refractivity contribution in [2.75, 3.05) is 70.1 Å². The second-order valence-corrected chi connectivity index (χ2v) is 10.2. The van der Waals surface area contributed by atoms with Crippen LogP contribution in [0.15, 0.2) is 12.3 Å². The normalized spacial score (nSPS) is 17.2. The molecule has 38 heavy (non-hydrogen) atoms. The van der Waals surface area contributed by atoms with Crippen LogP contribution in [0, 0.1) is 0 Å². The fourth-order valence-corrected chi connectivity index (χ4v) is 5.50. The van der Waals surface area contributed by atoms with Crippen LogP contribution in [0.4, 0.5) is 22.2 Å². The number of carbonyl (C=O) groups excluding carboxylic acids is 2. The third kappa shape index (κ3) is 5.41. The predicted octanol–water partition coefficient (Wildman–Crippen LogP) is 3.73.